The minimum atomic E-state index is -1.86. The number of nitrogens with zero attached hydrogens (tertiary/aromatic N) is 3. The zero-order valence-corrected chi connectivity index (χ0v) is 18.5. The minimum absolute atomic E-state index is 0.0973. The van der Waals surface area contributed by atoms with Gasteiger partial charge in [0, 0.05) is 57.3 Å². The van der Waals surface area contributed by atoms with Gasteiger partial charge in [-0.3, -0.25) is 9.69 Å². The quantitative estimate of drug-likeness (QED) is 0.712. The number of ether oxygens (including phenoxy) is 1. The Morgan fingerprint density at radius 2 is 1.79 bits per heavy atom. The molecule has 0 saturated carbocycles. The van der Waals surface area contributed by atoms with E-state index < -0.39 is 23.2 Å². The van der Waals surface area contributed by atoms with Crippen molar-refractivity contribution in [1.82, 2.24) is 14.8 Å². The van der Waals surface area contributed by atoms with Crippen molar-refractivity contribution < 1.29 is 22.7 Å². The van der Waals surface area contributed by atoms with Crippen LogP contribution in [-0.4, -0.2) is 58.6 Å². The van der Waals surface area contributed by atoms with Gasteiger partial charge in [-0.1, -0.05) is 6.07 Å². The number of pyridine rings is 1. The first kappa shape index (κ1) is 23.5. The van der Waals surface area contributed by atoms with Crippen LogP contribution in [0, 0.1) is 11.6 Å². The summed E-state index contributed by atoms with van der Waals surface area (Å²) in [5.74, 6) is -1.29. The molecule has 178 valence electrons. The predicted molar refractivity (Wildman–Crippen MR) is 118 cm³/mol. The molecule has 2 fully saturated rings. The van der Waals surface area contributed by atoms with Crippen LogP contribution in [0.4, 0.5) is 19.0 Å². The van der Waals surface area contributed by atoms with Gasteiger partial charge in [-0.25, -0.2) is 18.2 Å². The van der Waals surface area contributed by atoms with Gasteiger partial charge < -0.3 is 15.4 Å². The fourth-order valence-electron chi connectivity index (χ4n) is 4.51. The molecule has 4 rings (SSSR count). The second-order valence-electron chi connectivity index (χ2n) is 8.83. The average molecular weight is 463 g/mol. The molecule has 0 aliphatic carbocycles. The third-order valence-electron chi connectivity index (χ3n) is 6.54. The number of benzene rings is 1. The first-order valence-corrected chi connectivity index (χ1v) is 11.3. The lowest BCUT2D eigenvalue weighted by Gasteiger charge is -2.40. The summed E-state index contributed by atoms with van der Waals surface area (Å²) in [5, 5.41) is 0. The number of carbonyl (C=O) groups is 1. The van der Waals surface area contributed by atoms with Gasteiger partial charge in [-0.2, -0.15) is 0 Å². The van der Waals surface area contributed by atoms with E-state index in [-0.39, 0.29) is 31.1 Å². The molecule has 2 N–H and O–H groups in total. The Kier molecular flexibility index (Phi) is 7.19. The summed E-state index contributed by atoms with van der Waals surface area (Å²) < 4.78 is 48.7. The topological polar surface area (TPSA) is 71.7 Å². The molecular weight excluding hydrogens is 433 g/mol. The van der Waals surface area contributed by atoms with E-state index in [9.17, 15) is 13.6 Å². The second kappa shape index (κ2) is 10.1. The zero-order valence-electron chi connectivity index (χ0n) is 18.5. The van der Waals surface area contributed by atoms with Gasteiger partial charge >= 0.3 is 0 Å². The van der Waals surface area contributed by atoms with Crippen LogP contribution in [0.1, 0.15) is 36.8 Å². The molecule has 2 aliphatic rings. The molecular formula is C24H29F3N4O2. The van der Waals surface area contributed by atoms with Crippen LogP contribution in [0.2, 0.25) is 0 Å². The number of anilines is 1. The van der Waals surface area contributed by atoms with Crippen molar-refractivity contribution in [3.63, 3.8) is 0 Å². The van der Waals surface area contributed by atoms with Crippen molar-refractivity contribution in [1.29, 1.82) is 0 Å². The number of aromatic nitrogens is 1. The number of piperidine rings is 2. The maximum Gasteiger partial charge on any atom is 0.260 e. The van der Waals surface area contributed by atoms with E-state index in [1.165, 1.54) is 18.2 Å². The maximum atomic E-state index is 15.5. The fraction of sp³-hybridized carbons (Fsp3) is 0.500. The van der Waals surface area contributed by atoms with Crippen molar-refractivity contribution in [3.05, 3.63) is 59.3 Å². The molecule has 0 atom stereocenters. The number of carbonyl (C=O) groups excluding carboxylic acids is 1. The lowest BCUT2D eigenvalue weighted by Crippen LogP contribution is -2.54. The van der Waals surface area contributed by atoms with Gasteiger partial charge in [0.05, 0.1) is 12.7 Å². The number of hydrogen-bond donors (Lipinski definition) is 1. The molecule has 1 amide bonds. The molecule has 9 heteroatoms. The number of nitrogen functional groups attached to an aromatic ring is 1. The number of nitrogens with two attached hydrogens (primary N) is 1. The van der Waals surface area contributed by atoms with E-state index >= 15 is 4.39 Å². The Balaban J connectivity index is 1.24. The summed E-state index contributed by atoms with van der Waals surface area (Å²) in [7, 11) is 0. The monoisotopic (exact) mass is 462 g/mol. The fourth-order valence-corrected chi connectivity index (χ4v) is 4.51. The van der Waals surface area contributed by atoms with Crippen LogP contribution in [-0.2, 0) is 22.7 Å². The molecule has 33 heavy (non-hydrogen) atoms. The summed E-state index contributed by atoms with van der Waals surface area (Å²) in [6.45, 7) is 2.19. The lowest BCUT2D eigenvalue weighted by molar-refractivity contribution is -0.150. The van der Waals surface area contributed by atoms with E-state index in [0.717, 1.165) is 5.56 Å². The van der Waals surface area contributed by atoms with Gasteiger partial charge in [0.1, 0.15) is 17.5 Å². The van der Waals surface area contributed by atoms with Crippen molar-refractivity contribution in [2.24, 2.45) is 0 Å². The molecule has 0 unspecified atom stereocenters. The number of hydrogen-bond acceptors (Lipinski definition) is 5. The Bertz CT molecular complexity index is 954. The summed E-state index contributed by atoms with van der Waals surface area (Å²) in [6.07, 6.45) is 2.74. The molecule has 1 aromatic heterocycles. The molecule has 2 saturated heterocycles. The van der Waals surface area contributed by atoms with Gasteiger partial charge in [0.2, 0.25) is 0 Å². The first-order chi connectivity index (χ1) is 15.8. The molecule has 1 aromatic carbocycles. The summed E-state index contributed by atoms with van der Waals surface area (Å²) in [6, 6.07) is 7.38. The Morgan fingerprint density at radius 1 is 1.12 bits per heavy atom. The van der Waals surface area contributed by atoms with E-state index in [1.54, 1.807) is 17.2 Å². The third kappa shape index (κ3) is 5.65. The summed E-state index contributed by atoms with van der Waals surface area (Å²) in [4.78, 5) is 20.6. The Morgan fingerprint density at radius 3 is 2.42 bits per heavy atom. The van der Waals surface area contributed by atoms with E-state index in [1.807, 2.05) is 6.07 Å². The van der Waals surface area contributed by atoms with E-state index in [2.05, 4.69) is 9.88 Å². The van der Waals surface area contributed by atoms with Crippen molar-refractivity contribution in [3.8, 4) is 0 Å². The van der Waals surface area contributed by atoms with Gasteiger partial charge in [0.25, 0.3) is 5.91 Å². The highest BCUT2D eigenvalue weighted by molar-refractivity contribution is 5.85. The summed E-state index contributed by atoms with van der Waals surface area (Å²) in [5.41, 5.74) is 4.77. The normalized spacial score (nSPS) is 19.5. The zero-order chi connectivity index (χ0) is 23.4. The molecule has 0 bridgehead atoms. The molecule has 2 aromatic rings. The van der Waals surface area contributed by atoms with Crippen molar-refractivity contribution in [2.75, 3.05) is 31.9 Å². The smallest absolute Gasteiger partial charge is 0.260 e. The molecule has 6 nitrogen and oxygen atoms in total. The number of rotatable bonds is 6. The summed E-state index contributed by atoms with van der Waals surface area (Å²) >= 11 is 0. The van der Waals surface area contributed by atoms with Crippen molar-refractivity contribution >= 4 is 11.7 Å². The Labute approximate surface area is 191 Å². The van der Waals surface area contributed by atoms with Crippen LogP contribution >= 0.6 is 0 Å². The van der Waals surface area contributed by atoms with E-state index in [0.29, 0.717) is 51.4 Å². The van der Waals surface area contributed by atoms with Crippen LogP contribution in [0.15, 0.2) is 36.5 Å². The van der Waals surface area contributed by atoms with Gasteiger partial charge in [0.15, 0.2) is 5.67 Å². The standard InChI is InChI=1S/C24H29F3N4O2/c25-20-2-1-3-21(26)19(20)16-33-18-5-10-31(11-6-18)23(32)24(27)7-12-30(13-8-24)15-17-4-9-29-22(28)14-17/h1-4,9,14,18H,5-8,10-13,15-16H2,(H2,28,29). The first-order valence-electron chi connectivity index (χ1n) is 11.3. The van der Waals surface area contributed by atoms with Crippen molar-refractivity contribution in [2.45, 2.75) is 50.6 Å². The van der Waals surface area contributed by atoms with Crippen LogP contribution in [0.3, 0.4) is 0 Å². The largest absolute Gasteiger partial charge is 0.384 e. The van der Waals surface area contributed by atoms with Gasteiger partial charge in [-0.05, 0) is 42.7 Å². The number of alkyl halides is 1. The van der Waals surface area contributed by atoms with E-state index in [4.69, 9.17) is 10.5 Å². The highest BCUT2D eigenvalue weighted by Crippen LogP contribution is 2.31. The minimum Gasteiger partial charge on any atom is -0.384 e. The molecule has 0 spiro atoms. The highest BCUT2D eigenvalue weighted by Gasteiger charge is 2.44. The number of likely N-dealkylation sites (tertiary alicyclic amines) is 2. The van der Waals surface area contributed by atoms with Gasteiger partial charge in [-0.15, -0.1) is 0 Å². The maximum absolute atomic E-state index is 15.5. The molecule has 0 radical (unpaired) electrons. The van der Waals surface area contributed by atoms with Crippen LogP contribution < -0.4 is 5.73 Å². The van der Waals surface area contributed by atoms with Crippen LogP contribution in [0.25, 0.3) is 0 Å². The predicted octanol–water partition coefficient (Wildman–Crippen LogP) is 3.45. The Hall–Kier alpha value is -2.65. The van der Waals surface area contributed by atoms with Crippen LogP contribution in [0.5, 0.6) is 0 Å². The SMILES string of the molecule is Nc1cc(CN2CCC(F)(C(=O)N3CCC(OCc4c(F)cccc4F)CC3)CC2)ccn1. The number of amides is 1. The average Bonchev–Trinajstić information content (AvgIpc) is 2.80. The molecule has 3 heterocycles. The second-order valence-corrected chi connectivity index (χ2v) is 8.83. The lowest BCUT2D eigenvalue weighted by atomic mass is 9.90. The highest BCUT2D eigenvalue weighted by atomic mass is 19.1. The third-order valence-corrected chi connectivity index (χ3v) is 6.54. The molecule has 2 aliphatic heterocycles. The number of halogens is 3.